The lowest BCUT2D eigenvalue weighted by atomic mass is 10.1. The summed E-state index contributed by atoms with van der Waals surface area (Å²) in [6.07, 6.45) is 9.56. The molecule has 1 atom stereocenters. The number of ether oxygens (including phenoxy) is 1. The topological polar surface area (TPSA) is 147 Å². The highest BCUT2D eigenvalue weighted by Gasteiger charge is 2.34. The fourth-order valence-corrected chi connectivity index (χ4v) is 3.25. The van der Waals surface area contributed by atoms with E-state index in [2.05, 4.69) is 17.0 Å². The van der Waals surface area contributed by atoms with E-state index in [9.17, 15) is 22.8 Å². The number of aliphatic carboxylic acids is 1. The molecule has 0 aromatic carbocycles. The van der Waals surface area contributed by atoms with Gasteiger partial charge in [0.25, 0.3) is 10.1 Å². The van der Waals surface area contributed by atoms with Gasteiger partial charge in [-0.3, -0.25) is 18.9 Å². The van der Waals surface area contributed by atoms with E-state index in [1.807, 2.05) is 0 Å². The van der Waals surface area contributed by atoms with E-state index in [-0.39, 0.29) is 19.1 Å². The minimum atomic E-state index is -4.88. The Hall–Kier alpha value is -1.68. The zero-order valence-corrected chi connectivity index (χ0v) is 17.3. The molecule has 0 saturated heterocycles. The first-order chi connectivity index (χ1) is 13.2. The van der Waals surface area contributed by atoms with E-state index >= 15 is 0 Å². The molecule has 0 radical (unpaired) electrons. The SMILES string of the molecule is CCCCCCCCCCCC(=O)NCCOC(=O)C(CC(=O)O)S(=O)(=O)O. The van der Waals surface area contributed by atoms with Crippen molar-refractivity contribution in [3.8, 4) is 0 Å². The Kier molecular flexibility index (Phi) is 14.4. The molecule has 0 heterocycles. The van der Waals surface area contributed by atoms with E-state index < -0.39 is 33.7 Å². The monoisotopic (exact) mass is 423 g/mol. The molecule has 0 aromatic heterocycles. The molecule has 0 fully saturated rings. The van der Waals surface area contributed by atoms with Crippen molar-refractivity contribution in [2.24, 2.45) is 0 Å². The Morgan fingerprint density at radius 1 is 0.964 bits per heavy atom. The third-order valence-corrected chi connectivity index (χ3v) is 5.24. The van der Waals surface area contributed by atoms with Crippen LogP contribution < -0.4 is 5.32 Å². The number of hydrogen-bond acceptors (Lipinski definition) is 6. The van der Waals surface area contributed by atoms with Crippen LogP contribution in [0.2, 0.25) is 0 Å². The zero-order valence-electron chi connectivity index (χ0n) is 16.5. The Morgan fingerprint density at radius 2 is 1.50 bits per heavy atom. The second kappa shape index (κ2) is 15.3. The van der Waals surface area contributed by atoms with Crippen molar-refractivity contribution >= 4 is 28.0 Å². The molecular weight excluding hydrogens is 390 g/mol. The van der Waals surface area contributed by atoms with E-state index in [0.29, 0.717) is 6.42 Å². The summed E-state index contributed by atoms with van der Waals surface area (Å²) in [4.78, 5) is 33.8. The highest BCUT2D eigenvalue weighted by molar-refractivity contribution is 7.87. The van der Waals surface area contributed by atoms with Crippen molar-refractivity contribution in [3.63, 3.8) is 0 Å². The third kappa shape index (κ3) is 14.4. The molecule has 0 rings (SSSR count). The standard InChI is InChI=1S/C18H33NO8S/c1-2-3-4-5-6-7-8-9-10-11-16(20)19-12-13-27-18(23)15(14-17(21)22)28(24,25)26/h15H,2-14H2,1H3,(H,19,20)(H,21,22)(H,24,25,26). The second-order valence-corrected chi connectivity index (χ2v) is 8.30. The minimum Gasteiger partial charge on any atom is -0.481 e. The molecule has 28 heavy (non-hydrogen) atoms. The smallest absolute Gasteiger partial charge is 0.327 e. The number of esters is 1. The average molecular weight is 424 g/mol. The lowest BCUT2D eigenvalue weighted by Gasteiger charge is -2.12. The van der Waals surface area contributed by atoms with Gasteiger partial charge in [-0.25, -0.2) is 0 Å². The van der Waals surface area contributed by atoms with Gasteiger partial charge in [-0.05, 0) is 6.42 Å². The molecule has 9 nitrogen and oxygen atoms in total. The van der Waals surface area contributed by atoms with E-state index in [4.69, 9.17) is 9.66 Å². The maximum Gasteiger partial charge on any atom is 0.327 e. The molecule has 1 amide bonds. The number of rotatable bonds is 17. The van der Waals surface area contributed by atoms with Crippen LogP contribution in [0.1, 0.15) is 77.6 Å². The van der Waals surface area contributed by atoms with Crippen molar-refractivity contribution < 1.29 is 37.2 Å². The number of carbonyl (C=O) groups is 3. The van der Waals surface area contributed by atoms with Crippen molar-refractivity contribution in [2.75, 3.05) is 13.2 Å². The Bertz CT molecular complexity index is 576. The predicted octanol–water partition coefficient (Wildman–Crippen LogP) is 2.30. The van der Waals surface area contributed by atoms with Gasteiger partial charge in [0.2, 0.25) is 5.91 Å². The van der Waals surface area contributed by atoms with Gasteiger partial charge in [0.05, 0.1) is 13.0 Å². The quantitative estimate of drug-likeness (QED) is 0.183. The second-order valence-electron chi connectivity index (χ2n) is 6.70. The van der Waals surface area contributed by atoms with Gasteiger partial charge in [0.1, 0.15) is 6.61 Å². The summed E-state index contributed by atoms with van der Waals surface area (Å²) < 4.78 is 35.6. The maximum atomic E-state index is 11.7. The predicted molar refractivity (Wildman–Crippen MR) is 103 cm³/mol. The van der Waals surface area contributed by atoms with Gasteiger partial charge in [-0.15, -0.1) is 0 Å². The van der Waals surface area contributed by atoms with Crippen LogP contribution in [0.3, 0.4) is 0 Å². The summed E-state index contributed by atoms with van der Waals surface area (Å²) >= 11 is 0. The largest absolute Gasteiger partial charge is 0.481 e. The number of nitrogens with one attached hydrogen (secondary N) is 1. The fourth-order valence-electron chi connectivity index (χ4n) is 2.59. The van der Waals surface area contributed by atoms with Crippen LogP contribution in [-0.4, -0.2) is 54.3 Å². The van der Waals surface area contributed by atoms with Gasteiger partial charge in [0.15, 0.2) is 5.25 Å². The number of carboxylic acids is 1. The van der Waals surface area contributed by atoms with Crippen LogP contribution in [0, 0.1) is 0 Å². The summed E-state index contributed by atoms with van der Waals surface area (Å²) in [6, 6.07) is 0. The summed E-state index contributed by atoms with van der Waals surface area (Å²) in [5.74, 6) is -3.12. The molecule has 0 saturated carbocycles. The molecule has 0 bridgehead atoms. The van der Waals surface area contributed by atoms with E-state index in [1.165, 1.54) is 38.5 Å². The van der Waals surface area contributed by atoms with E-state index in [1.54, 1.807) is 0 Å². The van der Waals surface area contributed by atoms with Gasteiger partial charge in [0, 0.05) is 6.42 Å². The van der Waals surface area contributed by atoms with Crippen molar-refractivity contribution in [1.82, 2.24) is 5.32 Å². The molecule has 3 N–H and O–H groups in total. The van der Waals surface area contributed by atoms with Crippen LogP contribution in [0.4, 0.5) is 0 Å². The maximum absolute atomic E-state index is 11.7. The number of carboxylic acid groups (broad SMARTS) is 1. The molecule has 164 valence electrons. The van der Waals surface area contributed by atoms with Crippen LogP contribution in [-0.2, 0) is 29.2 Å². The fraction of sp³-hybridized carbons (Fsp3) is 0.833. The van der Waals surface area contributed by atoms with Crippen LogP contribution in [0.15, 0.2) is 0 Å². The molecule has 0 aliphatic rings. The zero-order chi connectivity index (χ0) is 21.4. The first-order valence-corrected chi connectivity index (χ1v) is 11.3. The first kappa shape index (κ1) is 26.3. The lowest BCUT2D eigenvalue weighted by molar-refractivity contribution is -0.147. The van der Waals surface area contributed by atoms with Gasteiger partial charge in [-0.1, -0.05) is 58.3 Å². The van der Waals surface area contributed by atoms with Crippen LogP contribution in [0.5, 0.6) is 0 Å². The molecule has 1 unspecified atom stereocenters. The highest BCUT2D eigenvalue weighted by Crippen LogP contribution is 2.10. The number of carbonyl (C=O) groups excluding carboxylic acids is 2. The average Bonchev–Trinajstić information content (AvgIpc) is 2.60. The van der Waals surface area contributed by atoms with Gasteiger partial charge in [-0.2, -0.15) is 8.42 Å². The van der Waals surface area contributed by atoms with Crippen LogP contribution >= 0.6 is 0 Å². The number of unbranched alkanes of at least 4 members (excludes halogenated alkanes) is 8. The van der Waals surface area contributed by atoms with Crippen molar-refractivity contribution in [1.29, 1.82) is 0 Å². The molecular formula is C18H33NO8S. The summed E-state index contributed by atoms with van der Waals surface area (Å²) in [5, 5.41) is 8.94. The Labute approximate surface area is 167 Å². The lowest BCUT2D eigenvalue weighted by Crippen LogP contribution is -2.36. The van der Waals surface area contributed by atoms with Gasteiger partial charge >= 0.3 is 11.9 Å². The highest BCUT2D eigenvalue weighted by atomic mass is 32.2. The third-order valence-electron chi connectivity index (χ3n) is 4.16. The Morgan fingerprint density at radius 3 is 2.00 bits per heavy atom. The molecule has 0 spiro atoms. The molecule has 0 aliphatic heterocycles. The first-order valence-electron chi connectivity index (χ1n) is 9.80. The van der Waals surface area contributed by atoms with Crippen LogP contribution in [0.25, 0.3) is 0 Å². The molecule has 0 aliphatic carbocycles. The summed E-state index contributed by atoms with van der Waals surface area (Å²) in [7, 11) is -4.88. The molecule has 10 heteroatoms. The number of amides is 1. The minimum absolute atomic E-state index is 0.0206. The van der Waals surface area contributed by atoms with Gasteiger partial charge < -0.3 is 15.2 Å². The normalized spacial score (nSPS) is 12.4. The summed E-state index contributed by atoms with van der Waals surface area (Å²) in [6.45, 7) is 1.85. The summed E-state index contributed by atoms with van der Waals surface area (Å²) in [5.41, 5.74) is 0. The van der Waals surface area contributed by atoms with Crippen molar-refractivity contribution in [3.05, 3.63) is 0 Å². The molecule has 0 aromatic rings. The van der Waals surface area contributed by atoms with Crippen molar-refractivity contribution in [2.45, 2.75) is 82.8 Å². The van der Waals surface area contributed by atoms with E-state index in [0.717, 1.165) is 19.3 Å². The Balaban J connectivity index is 3.80. The number of hydrogen-bond donors (Lipinski definition) is 3.